The summed E-state index contributed by atoms with van der Waals surface area (Å²) in [7, 11) is 1.90. The van der Waals surface area contributed by atoms with Gasteiger partial charge in [-0.15, -0.1) is 0 Å². The second-order valence-electron chi connectivity index (χ2n) is 6.08. The van der Waals surface area contributed by atoms with E-state index in [-0.39, 0.29) is 0 Å². The predicted octanol–water partition coefficient (Wildman–Crippen LogP) is 1.24. The van der Waals surface area contributed by atoms with Gasteiger partial charge in [0.2, 0.25) is 0 Å². The van der Waals surface area contributed by atoms with E-state index in [1.807, 2.05) is 31.8 Å². The van der Waals surface area contributed by atoms with Gasteiger partial charge in [-0.2, -0.15) is 10.2 Å². The fourth-order valence-electron chi connectivity index (χ4n) is 3.42. The van der Waals surface area contributed by atoms with Crippen molar-refractivity contribution in [2.45, 2.75) is 39.3 Å². The minimum atomic E-state index is 0.369. The van der Waals surface area contributed by atoms with Crippen LogP contribution in [0.25, 0.3) is 11.0 Å². The molecule has 4 heterocycles. The number of fused-ring (bicyclic) bond motifs is 1. The highest BCUT2D eigenvalue weighted by Gasteiger charge is 2.28. The lowest BCUT2D eigenvalue weighted by Crippen LogP contribution is -2.34. The Hall–Kier alpha value is -2.51. The van der Waals surface area contributed by atoms with Crippen molar-refractivity contribution in [3.63, 3.8) is 0 Å². The van der Waals surface area contributed by atoms with Crippen molar-refractivity contribution >= 4 is 16.9 Å². The molecule has 1 saturated heterocycles. The zero-order valence-corrected chi connectivity index (χ0v) is 13.6. The van der Waals surface area contributed by atoms with Gasteiger partial charge in [0.1, 0.15) is 23.8 Å². The summed E-state index contributed by atoms with van der Waals surface area (Å²) < 4.78 is 3.79. The first-order valence-electron chi connectivity index (χ1n) is 7.91. The number of nitrogens with zero attached hydrogens (tertiary/aromatic N) is 8. The number of rotatable bonds is 3. The van der Waals surface area contributed by atoms with Gasteiger partial charge in [0.15, 0.2) is 5.65 Å². The second-order valence-corrected chi connectivity index (χ2v) is 6.08. The lowest BCUT2D eigenvalue weighted by atomic mass is 10.2. The van der Waals surface area contributed by atoms with Crippen LogP contribution in [0.2, 0.25) is 0 Å². The standard InChI is InChI=1S/C15H20N8/c1-10-19-11(2)23(20-10)8-12-5-4-6-22(12)15-13-7-18-21(3)14(13)16-9-17-15/h7,9,12H,4-6,8H2,1-3H3/t12-/m0/s1. The zero-order chi connectivity index (χ0) is 16.0. The summed E-state index contributed by atoms with van der Waals surface area (Å²) in [4.78, 5) is 15.6. The summed E-state index contributed by atoms with van der Waals surface area (Å²) >= 11 is 0. The van der Waals surface area contributed by atoms with E-state index in [0.29, 0.717) is 6.04 Å². The number of hydrogen-bond donors (Lipinski definition) is 0. The molecule has 1 aliphatic rings. The molecule has 1 atom stereocenters. The maximum Gasteiger partial charge on any atom is 0.163 e. The summed E-state index contributed by atoms with van der Waals surface area (Å²) in [6.07, 6.45) is 5.76. The van der Waals surface area contributed by atoms with E-state index in [9.17, 15) is 0 Å². The van der Waals surface area contributed by atoms with Gasteiger partial charge in [0, 0.05) is 13.6 Å². The summed E-state index contributed by atoms with van der Waals surface area (Å²) in [6.45, 7) is 5.76. The smallest absolute Gasteiger partial charge is 0.163 e. The van der Waals surface area contributed by atoms with Crippen LogP contribution in [0.15, 0.2) is 12.5 Å². The van der Waals surface area contributed by atoms with Crippen molar-refractivity contribution in [1.29, 1.82) is 0 Å². The molecule has 0 spiro atoms. The first-order valence-corrected chi connectivity index (χ1v) is 7.91. The van der Waals surface area contributed by atoms with E-state index in [1.165, 1.54) is 0 Å². The molecule has 0 N–H and O–H groups in total. The van der Waals surface area contributed by atoms with Gasteiger partial charge in [0.25, 0.3) is 0 Å². The third-order valence-corrected chi connectivity index (χ3v) is 4.50. The molecule has 23 heavy (non-hydrogen) atoms. The largest absolute Gasteiger partial charge is 0.351 e. The number of aryl methyl sites for hydroxylation is 3. The minimum absolute atomic E-state index is 0.369. The molecule has 0 aliphatic carbocycles. The van der Waals surface area contributed by atoms with E-state index in [1.54, 1.807) is 11.0 Å². The number of hydrogen-bond acceptors (Lipinski definition) is 6. The Bertz CT molecular complexity index is 848. The van der Waals surface area contributed by atoms with Crippen LogP contribution in [0.1, 0.15) is 24.5 Å². The molecule has 8 nitrogen and oxygen atoms in total. The third kappa shape index (κ3) is 2.34. The van der Waals surface area contributed by atoms with Crippen LogP contribution in [0.5, 0.6) is 0 Å². The molecule has 120 valence electrons. The summed E-state index contributed by atoms with van der Waals surface area (Å²) in [5.41, 5.74) is 0.869. The molecule has 4 rings (SSSR count). The van der Waals surface area contributed by atoms with Gasteiger partial charge in [0.05, 0.1) is 24.2 Å². The van der Waals surface area contributed by atoms with Crippen LogP contribution in [-0.4, -0.2) is 47.1 Å². The highest BCUT2D eigenvalue weighted by molar-refractivity contribution is 5.86. The Balaban J connectivity index is 1.68. The van der Waals surface area contributed by atoms with Crippen LogP contribution >= 0.6 is 0 Å². The SMILES string of the molecule is Cc1nc(C)n(C[C@@H]2CCCN2c2ncnc3c2cnn3C)n1. The first kappa shape index (κ1) is 14.1. The molecule has 1 aliphatic heterocycles. The fraction of sp³-hybridized carbons (Fsp3) is 0.533. The molecule has 0 unspecified atom stereocenters. The van der Waals surface area contributed by atoms with E-state index in [2.05, 4.69) is 30.0 Å². The molecular weight excluding hydrogens is 292 g/mol. The Kier molecular flexibility index (Phi) is 3.24. The Labute approximate surface area is 134 Å². The van der Waals surface area contributed by atoms with Crippen LogP contribution in [0.3, 0.4) is 0 Å². The van der Waals surface area contributed by atoms with Gasteiger partial charge >= 0.3 is 0 Å². The molecule has 1 fully saturated rings. The lowest BCUT2D eigenvalue weighted by molar-refractivity contribution is 0.495. The maximum absolute atomic E-state index is 4.54. The molecule has 0 aromatic carbocycles. The van der Waals surface area contributed by atoms with Gasteiger partial charge in [-0.05, 0) is 26.7 Å². The van der Waals surface area contributed by atoms with Gasteiger partial charge < -0.3 is 4.90 Å². The fourth-order valence-corrected chi connectivity index (χ4v) is 3.42. The molecule has 3 aromatic rings. The predicted molar refractivity (Wildman–Crippen MR) is 86.2 cm³/mol. The molecule has 8 heteroatoms. The number of anilines is 1. The van der Waals surface area contributed by atoms with Crippen LogP contribution in [-0.2, 0) is 13.6 Å². The van der Waals surface area contributed by atoms with Crippen molar-refractivity contribution in [3.8, 4) is 0 Å². The average molecular weight is 312 g/mol. The Morgan fingerprint density at radius 3 is 2.91 bits per heavy atom. The van der Waals surface area contributed by atoms with Gasteiger partial charge in [-0.3, -0.25) is 4.68 Å². The quantitative estimate of drug-likeness (QED) is 0.724. The zero-order valence-electron chi connectivity index (χ0n) is 13.6. The maximum atomic E-state index is 4.54. The normalized spacial score (nSPS) is 18.2. The van der Waals surface area contributed by atoms with Gasteiger partial charge in [-0.25, -0.2) is 19.6 Å². The van der Waals surface area contributed by atoms with Crippen molar-refractivity contribution in [2.75, 3.05) is 11.4 Å². The van der Waals surface area contributed by atoms with Crippen LogP contribution in [0, 0.1) is 13.8 Å². The van der Waals surface area contributed by atoms with E-state index >= 15 is 0 Å². The average Bonchev–Trinajstić information content (AvgIpc) is 3.21. The summed E-state index contributed by atoms with van der Waals surface area (Å²) in [5.74, 6) is 2.76. The monoisotopic (exact) mass is 312 g/mol. The second kappa shape index (κ2) is 5.29. The molecule has 0 radical (unpaired) electrons. The molecule has 0 amide bonds. The van der Waals surface area contributed by atoms with Crippen LogP contribution in [0.4, 0.5) is 5.82 Å². The van der Waals surface area contributed by atoms with E-state index < -0.39 is 0 Å². The molecule has 0 bridgehead atoms. The highest BCUT2D eigenvalue weighted by atomic mass is 15.4. The first-order chi connectivity index (χ1) is 11.1. The van der Waals surface area contributed by atoms with Crippen molar-refractivity contribution in [1.82, 2.24) is 34.5 Å². The lowest BCUT2D eigenvalue weighted by Gasteiger charge is -2.26. The summed E-state index contributed by atoms with van der Waals surface area (Å²) in [5, 5.41) is 9.82. The minimum Gasteiger partial charge on any atom is -0.351 e. The van der Waals surface area contributed by atoms with Crippen molar-refractivity contribution in [3.05, 3.63) is 24.2 Å². The van der Waals surface area contributed by atoms with E-state index in [4.69, 9.17) is 0 Å². The molecule has 3 aromatic heterocycles. The van der Waals surface area contributed by atoms with Crippen LogP contribution < -0.4 is 4.90 Å². The van der Waals surface area contributed by atoms with Crippen molar-refractivity contribution < 1.29 is 0 Å². The molecular formula is C15H20N8. The third-order valence-electron chi connectivity index (χ3n) is 4.50. The van der Waals surface area contributed by atoms with Gasteiger partial charge in [-0.1, -0.05) is 0 Å². The number of aromatic nitrogens is 7. The van der Waals surface area contributed by atoms with Crippen molar-refractivity contribution in [2.24, 2.45) is 7.05 Å². The van der Waals surface area contributed by atoms with E-state index in [0.717, 1.165) is 54.4 Å². The highest BCUT2D eigenvalue weighted by Crippen LogP contribution is 2.29. The molecule has 0 saturated carbocycles. The topological polar surface area (TPSA) is 77.5 Å². The Morgan fingerprint density at radius 2 is 2.13 bits per heavy atom. The Morgan fingerprint density at radius 1 is 1.26 bits per heavy atom. The summed E-state index contributed by atoms with van der Waals surface area (Å²) in [6, 6.07) is 0.369.